The molecule has 0 radical (unpaired) electrons. The summed E-state index contributed by atoms with van der Waals surface area (Å²) in [5.74, 6) is -0.432. The molecule has 2 heterocycles. The summed E-state index contributed by atoms with van der Waals surface area (Å²) in [5.41, 5.74) is 2.71. The first-order valence-electron chi connectivity index (χ1n) is 6.31. The van der Waals surface area contributed by atoms with Gasteiger partial charge < -0.3 is 10.2 Å². The van der Waals surface area contributed by atoms with Gasteiger partial charge in [0.2, 0.25) is 5.91 Å². The highest BCUT2D eigenvalue weighted by atomic mass is 16.5. The van der Waals surface area contributed by atoms with Crippen molar-refractivity contribution in [2.75, 3.05) is 5.32 Å². The summed E-state index contributed by atoms with van der Waals surface area (Å²) in [7, 11) is 0. The predicted molar refractivity (Wildman–Crippen MR) is 72.5 cm³/mol. The van der Waals surface area contributed by atoms with Gasteiger partial charge in [0.1, 0.15) is 17.9 Å². The van der Waals surface area contributed by atoms with Gasteiger partial charge in [-0.2, -0.15) is 5.48 Å². The van der Waals surface area contributed by atoms with Gasteiger partial charge in [-0.3, -0.25) is 15.4 Å². The van der Waals surface area contributed by atoms with Crippen LogP contribution in [-0.2, 0) is 4.79 Å². The van der Waals surface area contributed by atoms with E-state index in [9.17, 15) is 9.59 Å². The van der Waals surface area contributed by atoms with Gasteiger partial charge in [-0.25, -0.2) is 19.7 Å². The van der Waals surface area contributed by atoms with Crippen LogP contribution in [0.2, 0.25) is 0 Å². The number of carbonyl (C=O) groups is 2. The van der Waals surface area contributed by atoms with E-state index in [4.69, 9.17) is 5.21 Å². The molecule has 2 rings (SSSR count). The number of hydroxylamine groups is 1. The molecule has 0 saturated carbocycles. The first-order chi connectivity index (χ1) is 10.2. The Hall–Kier alpha value is -2.59. The summed E-state index contributed by atoms with van der Waals surface area (Å²) in [4.78, 5) is 38.0. The third-order valence-electron chi connectivity index (χ3n) is 2.74. The van der Waals surface area contributed by atoms with Crippen LogP contribution in [0.5, 0.6) is 0 Å². The standard InChI is InChI=1S/C11H15N7O3/c1-2-3-6(18-21)10(19)17-11(20)16-9-7-8(13-4-12-7)14-5-15-9/h4-6,18,21H,2-3H2,1H3,(H3,12,13,14,15,16,17,19,20). The van der Waals surface area contributed by atoms with Gasteiger partial charge in [-0.05, 0) is 6.42 Å². The van der Waals surface area contributed by atoms with Crippen LogP contribution in [0, 0.1) is 0 Å². The van der Waals surface area contributed by atoms with Gasteiger partial charge in [0.25, 0.3) is 0 Å². The molecule has 2 aromatic rings. The molecule has 10 nitrogen and oxygen atoms in total. The number of nitrogens with one attached hydrogen (secondary N) is 4. The maximum Gasteiger partial charge on any atom is 0.327 e. The zero-order chi connectivity index (χ0) is 15.2. The molecule has 0 bridgehead atoms. The zero-order valence-corrected chi connectivity index (χ0v) is 11.3. The predicted octanol–water partition coefficient (Wildman–Crippen LogP) is 0.149. The Labute approximate surface area is 119 Å². The van der Waals surface area contributed by atoms with E-state index >= 15 is 0 Å². The maximum atomic E-state index is 11.8. The van der Waals surface area contributed by atoms with Gasteiger partial charge in [0.05, 0.1) is 6.33 Å². The first-order valence-corrected chi connectivity index (χ1v) is 6.31. The number of amides is 3. The van der Waals surface area contributed by atoms with E-state index in [2.05, 4.69) is 30.6 Å². The highest BCUT2D eigenvalue weighted by molar-refractivity contribution is 6.04. The van der Waals surface area contributed by atoms with E-state index in [0.29, 0.717) is 24.0 Å². The summed E-state index contributed by atoms with van der Waals surface area (Å²) >= 11 is 0. The van der Waals surface area contributed by atoms with Crippen molar-refractivity contribution in [3.63, 3.8) is 0 Å². The third kappa shape index (κ3) is 3.49. The Balaban J connectivity index is 2.01. The Morgan fingerprint density at radius 2 is 2.19 bits per heavy atom. The fourth-order valence-corrected chi connectivity index (χ4v) is 1.74. The molecule has 0 saturated heterocycles. The Kier molecular flexibility index (Phi) is 4.74. The summed E-state index contributed by atoms with van der Waals surface area (Å²) in [6.45, 7) is 1.85. The lowest BCUT2D eigenvalue weighted by Crippen LogP contribution is -2.46. The molecule has 1 atom stereocenters. The number of imide groups is 1. The number of nitrogens with zero attached hydrogens (tertiary/aromatic N) is 3. The van der Waals surface area contributed by atoms with Crippen molar-refractivity contribution >= 4 is 28.9 Å². The SMILES string of the molecule is CCCC(NO)C(=O)NC(=O)Nc1ncnc2nc[nH]c12. The molecular weight excluding hydrogens is 278 g/mol. The zero-order valence-electron chi connectivity index (χ0n) is 11.3. The second-order valence-corrected chi connectivity index (χ2v) is 4.24. The summed E-state index contributed by atoms with van der Waals surface area (Å²) in [6, 6.07) is -1.61. The lowest BCUT2D eigenvalue weighted by molar-refractivity contribution is -0.124. The largest absolute Gasteiger partial charge is 0.340 e. The normalized spacial score (nSPS) is 12.1. The van der Waals surface area contributed by atoms with E-state index in [0.717, 1.165) is 0 Å². The maximum absolute atomic E-state index is 11.8. The number of imidazole rings is 1. The van der Waals surface area contributed by atoms with E-state index in [1.807, 2.05) is 12.4 Å². The van der Waals surface area contributed by atoms with Gasteiger partial charge in [0, 0.05) is 0 Å². The lowest BCUT2D eigenvalue weighted by Gasteiger charge is -2.13. The average molecular weight is 293 g/mol. The Bertz CT molecular complexity index is 642. The topological polar surface area (TPSA) is 145 Å². The Morgan fingerprint density at radius 3 is 2.90 bits per heavy atom. The van der Waals surface area contributed by atoms with Crippen LogP contribution in [0.4, 0.5) is 10.6 Å². The quantitative estimate of drug-likeness (QED) is 0.493. The molecule has 0 aliphatic carbocycles. The highest BCUT2D eigenvalue weighted by Gasteiger charge is 2.19. The molecule has 112 valence electrons. The molecule has 21 heavy (non-hydrogen) atoms. The van der Waals surface area contributed by atoms with E-state index in [1.54, 1.807) is 0 Å². The number of hydrogen-bond acceptors (Lipinski definition) is 7. The molecule has 0 spiro atoms. The number of aromatic nitrogens is 4. The minimum absolute atomic E-state index is 0.201. The lowest BCUT2D eigenvalue weighted by atomic mass is 10.2. The van der Waals surface area contributed by atoms with Gasteiger partial charge in [-0.1, -0.05) is 13.3 Å². The number of rotatable bonds is 5. The molecule has 0 aliphatic rings. The highest BCUT2D eigenvalue weighted by Crippen LogP contribution is 2.13. The van der Waals surface area contributed by atoms with Crippen molar-refractivity contribution in [3.05, 3.63) is 12.7 Å². The van der Waals surface area contributed by atoms with Crippen molar-refractivity contribution in [2.24, 2.45) is 0 Å². The molecule has 0 fully saturated rings. The van der Waals surface area contributed by atoms with E-state index in [1.165, 1.54) is 12.7 Å². The van der Waals surface area contributed by atoms with Crippen LogP contribution in [0.15, 0.2) is 12.7 Å². The number of carbonyl (C=O) groups excluding carboxylic acids is 2. The molecule has 3 amide bonds. The van der Waals surface area contributed by atoms with E-state index in [-0.39, 0.29) is 5.82 Å². The van der Waals surface area contributed by atoms with Crippen molar-refractivity contribution in [3.8, 4) is 0 Å². The van der Waals surface area contributed by atoms with Gasteiger partial charge in [-0.15, -0.1) is 0 Å². The second-order valence-electron chi connectivity index (χ2n) is 4.24. The van der Waals surface area contributed by atoms with Gasteiger partial charge >= 0.3 is 6.03 Å². The number of H-pyrrole nitrogens is 1. The van der Waals surface area contributed by atoms with Crippen LogP contribution in [0.3, 0.4) is 0 Å². The summed E-state index contributed by atoms with van der Waals surface area (Å²) in [6.07, 6.45) is 3.73. The molecule has 2 aromatic heterocycles. The second kappa shape index (κ2) is 6.72. The number of hydrogen-bond donors (Lipinski definition) is 5. The first kappa shape index (κ1) is 14.8. The van der Waals surface area contributed by atoms with Gasteiger partial charge in [0.15, 0.2) is 11.5 Å². The molecule has 5 N–H and O–H groups in total. The molecule has 0 aromatic carbocycles. The van der Waals surface area contributed by atoms with Crippen LogP contribution < -0.4 is 16.1 Å². The summed E-state index contributed by atoms with van der Waals surface area (Å²) < 4.78 is 0. The van der Waals surface area contributed by atoms with Crippen LogP contribution >= 0.6 is 0 Å². The minimum atomic E-state index is -0.849. The molecule has 10 heteroatoms. The number of fused-ring (bicyclic) bond motifs is 1. The molecular formula is C11H15N7O3. The van der Waals surface area contributed by atoms with Crippen molar-refractivity contribution < 1.29 is 14.8 Å². The fraction of sp³-hybridized carbons (Fsp3) is 0.364. The van der Waals surface area contributed by atoms with Crippen molar-refractivity contribution in [2.45, 2.75) is 25.8 Å². The molecule has 1 unspecified atom stereocenters. The van der Waals surface area contributed by atoms with E-state index < -0.39 is 18.0 Å². The molecule has 0 aliphatic heterocycles. The van der Waals surface area contributed by atoms with Crippen molar-refractivity contribution in [1.82, 2.24) is 30.7 Å². The summed E-state index contributed by atoms with van der Waals surface area (Å²) in [5, 5.41) is 13.4. The fourth-order valence-electron chi connectivity index (χ4n) is 1.74. The average Bonchev–Trinajstić information content (AvgIpc) is 2.94. The van der Waals surface area contributed by atoms with Crippen LogP contribution in [0.25, 0.3) is 11.2 Å². The number of aromatic amines is 1. The number of urea groups is 1. The monoisotopic (exact) mass is 293 g/mol. The Morgan fingerprint density at radius 1 is 1.38 bits per heavy atom. The van der Waals surface area contributed by atoms with Crippen LogP contribution in [0.1, 0.15) is 19.8 Å². The smallest absolute Gasteiger partial charge is 0.327 e. The number of anilines is 1. The van der Waals surface area contributed by atoms with Crippen LogP contribution in [-0.4, -0.2) is 43.1 Å². The third-order valence-corrected chi connectivity index (χ3v) is 2.74. The minimum Gasteiger partial charge on any atom is -0.340 e. The van der Waals surface area contributed by atoms with Crippen molar-refractivity contribution in [1.29, 1.82) is 0 Å².